The van der Waals surface area contributed by atoms with E-state index in [1.807, 2.05) is 0 Å². The van der Waals surface area contributed by atoms with Crippen LogP contribution < -0.4 is 0 Å². The van der Waals surface area contributed by atoms with Crippen LogP contribution in [0.3, 0.4) is 0 Å². The van der Waals surface area contributed by atoms with Crippen molar-refractivity contribution in [2.45, 2.75) is 4.90 Å². The van der Waals surface area contributed by atoms with Gasteiger partial charge in [0.1, 0.15) is 0 Å². The van der Waals surface area contributed by atoms with Crippen LogP contribution >= 0.6 is 11.6 Å². The fourth-order valence-electron chi connectivity index (χ4n) is 0.849. The van der Waals surface area contributed by atoms with Gasteiger partial charge in [-0.2, -0.15) is 0 Å². The highest BCUT2D eigenvalue weighted by Gasteiger charge is 2.12. The van der Waals surface area contributed by atoms with Crippen molar-refractivity contribution in [3.05, 3.63) is 47.0 Å². The Labute approximate surface area is 82.1 Å². The molecule has 0 bridgehead atoms. The van der Waals surface area contributed by atoms with Crippen LogP contribution in [-0.4, -0.2) is 8.42 Å². The Hall–Kier alpha value is -1.02. The van der Waals surface area contributed by atoms with E-state index in [9.17, 15) is 8.42 Å². The first-order valence-electron chi connectivity index (χ1n) is 3.43. The summed E-state index contributed by atoms with van der Waals surface area (Å²) in [6.07, 6.45) is 0. The molecule has 0 aliphatic carbocycles. The van der Waals surface area contributed by atoms with Gasteiger partial charge in [0.2, 0.25) is 9.84 Å². The Morgan fingerprint density at radius 3 is 2.54 bits per heavy atom. The van der Waals surface area contributed by atoms with E-state index >= 15 is 0 Å². The summed E-state index contributed by atoms with van der Waals surface area (Å²) in [6, 6.07) is 6.23. The summed E-state index contributed by atoms with van der Waals surface area (Å²) in [7, 11) is -3.47. The Balaban J connectivity index is 3.39. The van der Waals surface area contributed by atoms with Gasteiger partial charge in [-0.3, -0.25) is 0 Å². The third-order valence-electron chi connectivity index (χ3n) is 1.38. The molecule has 0 fully saturated rings. The van der Waals surface area contributed by atoms with E-state index in [-0.39, 0.29) is 9.92 Å². The third-order valence-corrected chi connectivity index (χ3v) is 3.27. The van der Waals surface area contributed by atoms with Gasteiger partial charge in [-0.25, -0.2) is 8.42 Å². The van der Waals surface area contributed by atoms with Crippen molar-refractivity contribution in [2.75, 3.05) is 0 Å². The summed E-state index contributed by atoms with van der Waals surface area (Å²) in [5, 5.41) is 1.10. The second-order valence-electron chi connectivity index (χ2n) is 2.30. The molecule has 0 N–H and O–H groups in total. The van der Waals surface area contributed by atoms with Crippen LogP contribution in [0.1, 0.15) is 0 Å². The first-order valence-corrected chi connectivity index (χ1v) is 5.36. The zero-order valence-electron chi connectivity index (χ0n) is 6.70. The molecule has 1 rings (SSSR count). The van der Waals surface area contributed by atoms with E-state index in [0.29, 0.717) is 0 Å². The van der Waals surface area contributed by atoms with Crippen LogP contribution in [0.2, 0.25) is 5.02 Å². The number of rotatable bonds is 2. The van der Waals surface area contributed by atoms with E-state index in [0.717, 1.165) is 5.41 Å². The van der Waals surface area contributed by atoms with Crippen LogP contribution in [0.15, 0.2) is 46.9 Å². The largest absolute Gasteiger partial charge is 0.218 e. The number of sulfone groups is 1. The molecule has 0 radical (unpaired) electrons. The van der Waals surface area contributed by atoms with Gasteiger partial charge < -0.3 is 0 Å². The molecule has 4 heteroatoms. The van der Waals surface area contributed by atoms with Crippen molar-refractivity contribution in [2.24, 2.45) is 0 Å². The Morgan fingerprint density at radius 2 is 2.00 bits per heavy atom. The molecule has 0 amide bonds. The van der Waals surface area contributed by atoms with Gasteiger partial charge >= 0.3 is 0 Å². The molecule has 0 atom stereocenters. The van der Waals surface area contributed by atoms with Gasteiger partial charge in [-0.1, -0.05) is 30.3 Å². The lowest BCUT2D eigenvalue weighted by molar-refractivity contribution is 0.605. The molecule has 13 heavy (non-hydrogen) atoms. The van der Waals surface area contributed by atoms with Gasteiger partial charge in [0.15, 0.2) is 0 Å². The lowest BCUT2D eigenvalue weighted by atomic mass is 10.4. The Kier molecular flexibility index (Phi) is 2.94. The summed E-state index contributed by atoms with van der Waals surface area (Å²) in [5.74, 6) is 0. The van der Waals surface area contributed by atoms with Gasteiger partial charge in [0, 0.05) is 0 Å². The zero-order chi connectivity index (χ0) is 9.90. The highest BCUT2D eigenvalue weighted by molar-refractivity contribution is 7.94. The second kappa shape index (κ2) is 3.79. The average Bonchev–Trinajstić information content (AvgIpc) is 2.04. The van der Waals surface area contributed by atoms with E-state index < -0.39 is 9.84 Å². The van der Waals surface area contributed by atoms with E-state index in [1.54, 1.807) is 12.1 Å². The van der Waals surface area contributed by atoms with Crippen molar-refractivity contribution in [1.82, 2.24) is 0 Å². The molecule has 0 aliphatic rings. The molecule has 0 spiro atoms. The minimum absolute atomic E-state index is 0.0767. The monoisotopic (exact) mass is 214 g/mol. The molecule has 0 aliphatic heterocycles. The van der Waals surface area contributed by atoms with Crippen LogP contribution in [0, 0.1) is 0 Å². The summed E-state index contributed by atoms with van der Waals surface area (Å²) in [6.45, 7) is 3.20. The number of hydrogen-bond acceptors (Lipinski definition) is 2. The molecule has 2 nitrogen and oxygen atoms in total. The van der Waals surface area contributed by atoms with Gasteiger partial charge in [-0.15, -0.1) is 5.73 Å². The van der Waals surface area contributed by atoms with Crippen molar-refractivity contribution in [1.29, 1.82) is 0 Å². The molecular weight excluding hydrogens is 208 g/mol. The SMILES string of the molecule is C=C=CS(=O)(=O)c1ccccc1Cl. The standard InChI is InChI=1S/C9H7ClO2S/c1-2-7-13(11,12)9-6-4-3-5-8(9)10/h3-7H,1H2. The van der Waals surface area contributed by atoms with Crippen molar-refractivity contribution in [3.63, 3.8) is 0 Å². The van der Waals surface area contributed by atoms with Gasteiger partial charge in [0.05, 0.1) is 15.3 Å². The van der Waals surface area contributed by atoms with Crippen LogP contribution in [-0.2, 0) is 9.84 Å². The van der Waals surface area contributed by atoms with Crippen molar-refractivity contribution in [3.8, 4) is 0 Å². The van der Waals surface area contributed by atoms with Gasteiger partial charge in [0.25, 0.3) is 0 Å². The molecule has 0 aromatic heterocycles. The third kappa shape index (κ3) is 2.22. The average molecular weight is 215 g/mol. The van der Waals surface area contributed by atoms with Crippen molar-refractivity contribution >= 4 is 21.4 Å². The molecule has 1 aromatic carbocycles. The maximum atomic E-state index is 11.4. The first-order chi connectivity index (χ1) is 6.08. The maximum absolute atomic E-state index is 11.4. The minimum atomic E-state index is -3.47. The Morgan fingerprint density at radius 1 is 1.38 bits per heavy atom. The van der Waals surface area contributed by atoms with Gasteiger partial charge in [-0.05, 0) is 12.1 Å². The summed E-state index contributed by atoms with van der Waals surface area (Å²) >= 11 is 5.70. The normalized spacial score (nSPS) is 10.5. The molecule has 0 unspecified atom stereocenters. The number of benzene rings is 1. The Bertz CT molecular complexity index is 456. The summed E-state index contributed by atoms with van der Waals surface area (Å²) < 4.78 is 22.8. The fourth-order valence-corrected chi connectivity index (χ4v) is 2.26. The smallest absolute Gasteiger partial charge is 0.208 e. The first kappa shape index (κ1) is 10.1. The molecule has 0 saturated carbocycles. The van der Waals surface area contributed by atoms with E-state index in [1.165, 1.54) is 12.1 Å². The summed E-state index contributed by atoms with van der Waals surface area (Å²) in [5.41, 5.74) is 2.21. The lowest BCUT2D eigenvalue weighted by Gasteiger charge is -1.99. The molecule has 0 saturated heterocycles. The zero-order valence-corrected chi connectivity index (χ0v) is 8.27. The fraction of sp³-hybridized carbons (Fsp3) is 0. The predicted molar refractivity (Wildman–Crippen MR) is 52.3 cm³/mol. The van der Waals surface area contributed by atoms with E-state index in [2.05, 4.69) is 12.3 Å². The van der Waals surface area contributed by atoms with Crippen LogP contribution in [0.5, 0.6) is 0 Å². The number of halogens is 1. The van der Waals surface area contributed by atoms with Crippen LogP contribution in [0.25, 0.3) is 0 Å². The molecule has 0 heterocycles. The maximum Gasteiger partial charge on any atom is 0.208 e. The summed E-state index contributed by atoms with van der Waals surface area (Å²) in [4.78, 5) is 0.0767. The van der Waals surface area contributed by atoms with Crippen LogP contribution in [0.4, 0.5) is 0 Å². The highest BCUT2D eigenvalue weighted by Crippen LogP contribution is 2.21. The second-order valence-corrected chi connectivity index (χ2v) is 4.47. The topological polar surface area (TPSA) is 34.1 Å². The predicted octanol–water partition coefficient (Wildman–Crippen LogP) is 2.41. The lowest BCUT2D eigenvalue weighted by Crippen LogP contribution is -1.95. The highest BCUT2D eigenvalue weighted by atomic mass is 35.5. The van der Waals surface area contributed by atoms with E-state index in [4.69, 9.17) is 11.6 Å². The molecule has 1 aromatic rings. The van der Waals surface area contributed by atoms with Crippen molar-refractivity contribution < 1.29 is 8.42 Å². The minimum Gasteiger partial charge on any atom is -0.218 e. The molecular formula is C9H7ClO2S. The molecule has 68 valence electrons. The quantitative estimate of drug-likeness (QED) is 0.709. The number of hydrogen-bond donors (Lipinski definition) is 0.